The van der Waals surface area contributed by atoms with Gasteiger partial charge < -0.3 is 0 Å². The molecule has 0 amide bonds. The first-order valence-electron chi connectivity index (χ1n) is 4.55. The highest BCUT2D eigenvalue weighted by molar-refractivity contribution is 5.60. The van der Waals surface area contributed by atoms with Crippen LogP contribution >= 0.6 is 0 Å². The van der Waals surface area contributed by atoms with E-state index in [1.807, 2.05) is 38.1 Å². The third-order valence-corrected chi connectivity index (χ3v) is 2.11. The lowest BCUT2D eigenvalue weighted by Gasteiger charge is -2.02. The smallest absolute Gasteiger partial charge is 0.0990 e. The molecule has 2 aromatic rings. The van der Waals surface area contributed by atoms with Gasteiger partial charge in [-0.25, -0.2) is 0 Å². The number of hydrogen-bond acceptors (Lipinski definition) is 2. The van der Waals surface area contributed by atoms with E-state index >= 15 is 0 Å². The molecule has 0 N–H and O–H groups in total. The van der Waals surface area contributed by atoms with Gasteiger partial charge in [-0.2, -0.15) is 0 Å². The maximum absolute atomic E-state index is 4.31. The molecular formula is C12H11N2. The van der Waals surface area contributed by atoms with Gasteiger partial charge in [0, 0.05) is 17.5 Å². The Hall–Kier alpha value is -1.70. The van der Waals surface area contributed by atoms with Crippen molar-refractivity contribution in [1.82, 2.24) is 9.97 Å². The van der Waals surface area contributed by atoms with Gasteiger partial charge in [-0.15, -0.1) is 0 Å². The van der Waals surface area contributed by atoms with E-state index in [-0.39, 0.29) is 0 Å². The summed E-state index contributed by atoms with van der Waals surface area (Å²) >= 11 is 0. The van der Waals surface area contributed by atoms with Crippen molar-refractivity contribution in [3.05, 3.63) is 47.9 Å². The number of aryl methyl sites for hydroxylation is 2. The summed E-state index contributed by atoms with van der Waals surface area (Å²) in [5.74, 6) is 0. The van der Waals surface area contributed by atoms with E-state index in [1.54, 1.807) is 6.20 Å². The molecule has 1 radical (unpaired) electrons. The molecule has 0 spiro atoms. The van der Waals surface area contributed by atoms with Gasteiger partial charge in [0.15, 0.2) is 0 Å². The van der Waals surface area contributed by atoms with Gasteiger partial charge in [-0.3, -0.25) is 9.97 Å². The largest absolute Gasteiger partial charge is 0.256 e. The minimum Gasteiger partial charge on any atom is -0.256 e. The molecule has 0 aliphatic rings. The maximum atomic E-state index is 4.31. The second kappa shape index (κ2) is 3.58. The molecule has 0 aliphatic carbocycles. The van der Waals surface area contributed by atoms with Gasteiger partial charge in [0.25, 0.3) is 0 Å². The molecule has 0 atom stereocenters. The van der Waals surface area contributed by atoms with Crippen molar-refractivity contribution in [3.63, 3.8) is 0 Å². The van der Waals surface area contributed by atoms with E-state index in [0.717, 1.165) is 22.5 Å². The first-order valence-corrected chi connectivity index (χ1v) is 4.55. The van der Waals surface area contributed by atoms with Crippen LogP contribution in [0.25, 0.3) is 11.3 Å². The monoisotopic (exact) mass is 183 g/mol. The molecule has 0 fully saturated rings. The molecule has 2 aromatic heterocycles. The fourth-order valence-corrected chi connectivity index (χ4v) is 1.33. The first-order chi connectivity index (χ1) is 6.77. The van der Waals surface area contributed by atoms with Crippen LogP contribution in [0.5, 0.6) is 0 Å². The molecule has 2 heteroatoms. The Balaban J connectivity index is 2.50. The number of rotatable bonds is 1. The molecule has 2 heterocycles. The fourth-order valence-electron chi connectivity index (χ4n) is 1.33. The summed E-state index contributed by atoms with van der Waals surface area (Å²) in [6.07, 6.45) is 4.77. The highest BCUT2D eigenvalue weighted by atomic mass is 14.7. The lowest BCUT2D eigenvalue weighted by molar-refractivity contribution is 1.17. The van der Waals surface area contributed by atoms with Crippen LogP contribution in [-0.4, -0.2) is 9.97 Å². The summed E-state index contributed by atoms with van der Waals surface area (Å²) in [4.78, 5) is 8.44. The van der Waals surface area contributed by atoms with Crippen LogP contribution in [0, 0.1) is 20.0 Å². The molecule has 0 saturated carbocycles. The summed E-state index contributed by atoms with van der Waals surface area (Å²) in [7, 11) is 0. The Morgan fingerprint density at radius 2 is 2.00 bits per heavy atom. The van der Waals surface area contributed by atoms with E-state index in [1.165, 1.54) is 0 Å². The van der Waals surface area contributed by atoms with Crippen LogP contribution in [0.15, 0.2) is 30.5 Å². The summed E-state index contributed by atoms with van der Waals surface area (Å²) < 4.78 is 0. The van der Waals surface area contributed by atoms with E-state index in [0.29, 0.717) is 0 Å². The number of aromatic nitrogens is 2. The Bertz CT molecular complexity index is 432. The average molecular weight is 183 g/mol. The zero-order valence-electron chi connectivity index (χ0n) is 8.28. The van der Waals surface area contributed by atoms with Crippen molar-refractivity contribution in [1.29, 1.82) is 0 Å². The van der Waals surface area contributed by atoms with Crippen LogP contribution in [0.3, 0.4) is 0 Å². The van der Waals surface area contributed by atoms with Crippen molar-refractivity contribution >= 4 is 0 Å². The Morgan fingerprint density at radius 3 is 2.64 bits per heavy atom. The third-order valence-electron chi connectivity index (χ3n) is 2.11. The number of pyridine rings is 2. The average Bonchev–Trinajstić information content (AvgIpc) is 2.20. The highest BCUT2D eigenvalue weighted by Crippen LogP contribution is 2.18. The molecule has 69 valence electrons. The quantitative estimate of drug-likeness (QED) is 0.679. The van der Waals surface area contributed by atoms with Gasteiger partial charge in [0.2, 0.25) is 0 Å². The summed E-state index contributed by atoms with van der Waals surface area (Å²) in [5.41, 5.74) is 4.03. The van der Waals surface area contributed by atoms with Crippen molar-refractivity contribution in [2.45, 2.75) is 13.8 Å². The van der Waals surface area contributed by atoms with E-state index in [2.05, 4.69) is 16.2 Å². The van der Waals surface area contributed by atoms with Crippen LogP contribution < -0.4 is 0 Å². The van der Waals surface area contributed by atoms with Gasteiger partial charge in [-0.1, -0.05) is 6.07 Å². The number of hydrogen-bond donors (Lipinski definition) is 0. The van der Waals surface area contributed by atoms with Crippen molar-refractivity contribution in [3.8, 4) is 11.3 Å². The highest BCUT2D eigenvalue weighted by Gasteiger charge is 2.02. The zero-order valence-corrected chi connectivity index (χ0v) is 8.28. The SMILES string of the molecule is Cc1ccc(-c2ncccc2C)[c]n1. The Labute approximate surface area is 83.7 Å². The van der Waals surface area contributed by atoms with Gasteiger partial charge in [0.05, 0.1) is 11.9 Å². The molecule has 14 heavy (non-hydrogen) atoms. The van der Waals surface area contributed by atoms with Gasteiger partial charge in [0.1, 0.15) is 0 Å². The van der Waals surface area contributed by atoms with Crippen LogP contribution in [0.2, 0.25) is 0 Å². The molecule has 0 aliphatic heterocycles. The van der Waals surface area contributed by atoms with Gasteiger partial charge in [-0.05, 0) is 37.6 Å². The van der Waals surface area contributed by atoms with Crippen molar-refractivity contribution in [2.75, 3.05) is 0 Å². The van der Waals surface area contributed by atoms with E-state index in [9.17, 15) is 0 Å². The van der Waals surface area contributed by atoms with E-state index in [4.69, 9.17) is 0 Å². The minimum atomic E-state index is 0.953. The predicted octanol–water partition coefficient (Wildman–Crippen LogP) is 2.56. The second-order valence-corrected chi connectivity index (χ2v) is 3.28. The van der Waals surface area contributed by atoms with Crippen LogP contribution in [0.4, 0.5) is 0 Å². The van der Waals surface area contributed by atoms with E-state index < -0.39 is 0 Å². The maximum Gasteiger partial charge on any atom is 0.0990 e. The molecule has 2 nitrogen and oxygen atoms in total. The zero-order chi connectivity index (χ0) is 9.97. The predicted molar refractivity (Wildman–Crippen MR) is 55.8 cm³/mol. The second-order valence-electron chi connectivity index (χ2n) is 3.28. The molecule has 0 saturated heterocycles. The molecular weight excluding hydrogens is 172 g/mol. The fraction of sp³-hybridized carbons (Fsp3) is 0.167. The van der Waals surface area contributed by atoms with Crippen molar-refractivity contribution in [2.24, 2.45) is 0 Å². The first kappa shape index (κ1) is 8.88. The van der Waals surface area contributed by atoms with Crippen LogP contribution in [-0.2, 0) is 0 Å². The number of nitrogens with zero attached hydrogens (tertiary/aromatic N) is 2. The third kappa shape index (κ3) is 1.64. The lowest BCUT2D eigenvalue weighted by Crippen LogP contribution is -1.89. The molecule has 0 aromatic carbocycles. The molecule has 2 rings (SSSR count). The van der Waals surface area contributed by atoms with Crippen LogP contribution in [0.1, 0.15) is 11.3 Å². The van der Waals surface area contributed by atoms with Gasteiger partial charge >= 0.3 is 0 Å². The normalized spacial score (nSPS) is 10.1. The minimum absolute atomic E-state index is 0.953. The summed E-state index contributed by atoms with van der Waals surface area (Å²) in [5, 5.41) is 0. The standard InChI is InChI=1S/C12H11N2/c1-9-4-3-7-13-12(9)11-6-5-10(2)14-8-11/h3-7H,1-2H3. The Kier molecular flexibility index (Phi) is 2.27. The Morgan fingerprint density at radius 1 is 1.14 bits per heavy atom. The summed E-state index contributed by atoms with van der Waals surface area (Å²) in [6.45, 7) is 3.99. The molecule has 0 unspecified atom stereocenters. The molecule has 0 bridgehead atoms. The summed E-state index contributed by atoms with van der Waals surface area (Å²) in [6, 6.07) is 7.94. The lowest BCUT2D eigenvalue weighted by atomic mass is 10.1. The topological polar surface area (TPSA) is 25.8 Å². The van der Waals surface area contributed by atoms with Crippen molar-refractivity contribution < 1.29 is 0 Å².